The zero-order chi connectivity index (χ0) is 34.3. The van der Waals surface area contributed by atoms with Crippen molar-refractivity contribution in [2.75, 3.05) is 0 Å². The number of hydrogen-bond donors (Lipinski definition) is 1. The molecular weight excluding hydrogens is 644 g/mol. The fourth-order valence-electron chi connectivity index (χ4n) is 6.31. The van der Waals surface area contributed by atoms with Gasteiger partial charge in [-0.3, -0.25) is 4.98 Å². The van der Waals surface area contributed by atoms with Crippen LogP contribution in [0.5, 0.6) is 0 Å². The highest BCUT2D eigenvalue weighted by Crippen LogP contribution is 2.32. The van der Waals surface area contributed by atoms with Gasteiger partial charge in [0.05, 0.1) is 10.5 Å². The molecule has 1 aromatic heterocycles. The van der Waals surface area contributed by atoms with Gasteiger partial charge in [0.1, 0.15) is 0 Å². The minimum atomic E-state index is -4.43. The van der Waals surface area contributed by atoms with E-state index in [0.29, 0.717) is 17.2 Å². The van der Waals surface area contributed by atoms with Crippen LogP contribution in [0.15, 0.2) is 126 Å². The highest BCUT2D eigenvalue weighted by molar-refractivity contribution is 7.89. The first kappa shape index (κ1) is 34.5. The van der Waals surface area contributed by atoms with Crippen molar-refractivity contribution in [1.29, 1.82) is 0 Å². The Morgan fingerprint density at radius 3 is 1.69 bits per heavy atom. The largest absolute Gasteiger partial charge is 0.416 e. The van der Waals surface area contributed by atoms with Crippen LogP contribution in [0.2, 0.25) is 0 Å². The molecule has 254 valence electrons. The van der Waals surface area contributed by atoms with Crippen LogP contribution < -0.4 is 5.32 Å². The van der Waals surface area contributed by atoms with E-state index in [1.54, 1.807) is 30.6 Å². The molecule has 0 saturated heterocycles. The maximum absolute atomic E-state index is 14.0. The fourth-order valence-corrected chi connectivity index (χ4v) is 7.72. The van der Waals surface area contributed by atoms with Crippen molar-refractivity contribution in [2.24, 2.45) is 0 Å². The molecule has 1 aliphatic rings. The van der Waals surface area contributed by atoms with Gasteiger partial charge in [0, 0.05) is 38.1 Å². The average molecular weight is 684 g/mol. The lowest BCUT2D eigenvalue weighted by Gasteiger charge is -2.23. The SMILES string of the molecule is O=S(=O)(c1ccc(-c2ccc(C(F)(F)F)cc2)cc1)N(Cc1ccc(-c2ccc(CNC3CCCCCC3)cc2)cc1)Cc1cccnc1. The third kappa shape index (κ3) is 9.03. The minimum absolute atomic E-state index is 0.0947. The Morgan fingerprint density at radius 1 is 0.653 bits per heavy atom. The van der Waals surface area contributed by atoms with Crippen LogP contribution in [0.3, 0.4) is 0 Å². The summed E-state index contributed by atoms with van der Waals surface area (Å²) in [5.41, 5.74) is 5.43. The summed E-state index contributed by atoms with van der Waals surface area (Å²) in [5, 5.41) is 3.73. The summed E-state index contributed by atoms with van der Waals surface area (Å²) in [6.07, 6.45) is 6.67. The maximum Gasteiger partial charge on any atom is 0.416 e. The van der Waals surface area contributed by atoms with Crippen LogP contribution >= 0.6 is 0 Å². The number of hydrogen-bond acceptors (Lipinski definition) is 4. The average Bonchev–Trinajstić information content (AvgIpc) is 3.40. The standard InChI is InChI=1S/C40H40F3N3O2S/c41-40(42,43)37-21-17-35(18-22-37)36-19-23-39(24-20-36)49(47,48)46(29-32-6-5-25-44-26-32)28-31-11-15-34(16-12-31)33-13-9-30(10-14-33)27-45-38-7-3-1-2-4-8-38/h5-6,9-26,38,45H,1-4,7-8,27-29H2. The number of rotatable bonds is 11. The summed E-state index contributed by atoms with van der Waals surface area (Å²) in [7, 11) is -3.95. The molecule has 0 bridgehead atoms. The number of nitrogens with one attached hydrogen (secondary N) is 1. The summed E-state index contributed by atoms with van der Waals surface area (Å²) >= 11 is 0. The van der Waals surface area contributed by atoms with Crippen molar-refractivity contribution < 1.29 is 21.6 Å². The molecule has 0 amide bonds. The molecule has 1 aliphatic carbocycles. The molecule has 1 heterocycles. The van der Waals surface area contributed by atoms with Crippen LogP contribution in [0, 0.1) is 0 Å². The molecule has 0 unspecified atom stereocenters. The number of sulfonamides is 1. The van der Waals surface area contributed by atoms with Gasteiger partial charge >= 0.3 is 6.18 Å². The molecule has 9 heteroatoms. The summed E-state index contributed by atoms with van der Waals surface area (Å²) < 4.78 is 68.5. The van der Waals surface area contributed by atoms with Crippen molar-refractivity contribution in [2.45, 2.75) is 75.3 Å². The van der Waals surface area contributed by atoms with E-state index in [0.717, 1.165) is 40.9 Å². The van der Waals surface area contributed by atoms with Crippen LogP contribution in [-0.2, 0) is 35.8 Å². The minimum Gasteiger partial charge on any atom is -0.310 e. The van der Waals surface area contributed by atoms with E-state index in [9.17, 15) is 21.6 Å². The monoisotopic (exact) mass is 683 g/mol. The van der Waals surface area contributed by atoms with Gasteiger partial charge < -0.3 is 5.32 Å². The van der Waals surface area contributed by atoms with Crippen molar-refractivity contribution >= 4 is 10.0 Å². The number of pyridine rings is 1. The number of aromatic nitrogens is 1. The van der Waals surface area contributed by atoms with Crippen LogP contribution in [0.1, 0.15) is 60.8 Å². The molecule has 5 nitrogen and oxygen atoms in total. The molecule has 6 rings (SSSR count). The van der Waals surface area contributed by atoms with Gasteiger partial charge in [-0.1, -0.05) is 105 Å². The Morgan fingerprint density at radius 2 is 1.16 bits per heavy atom. The molecule has 5 aromatic rings. The number of alkyl halides is 3. The molecule has 0 atom stereocenters. The first-order valence-corrected chi connectivity index (χ1v) is 18.2. The molecular formula is C40H40F3N3O2S. The van der Waals surface area contributed by atoms with Gasteiger partial charge in [-0.15, -0.1) is 0 Å². The number of benzene rings is 4. The summed E-state index contributed by atoms with van der Waals surface area (Å²) in [5.74, 6) is 0. The van der Waals surface area contributed by atoms with E-state index in [1.165, 1.54) is 72.7 Å². The highest BCUT2D eigenvalue weighted by atomic mass is 32.2. The van der Waals surface area contributed by atoms with E-state index >= 15 is 0 Å². The van der Waals surface area contributed by atoms with E-state index in [4.69, 9.17) is 0 Å². The second-order valence-electron chi connectivity index (χ2n) is 12.7. The van der Waals surface area contributed by atoms with E-state index in [1.807, 2.05) is 30.3 Å². The first-order chi connectivity index (χ1) is 23.6. The Kier molecular flexibility index (Phi) is 10.9. The summed E-state index contributed by atoms with van der Waals surface area (Å²) in [6.45, 7) is 1.13. The lowest BCUT2D eigenvalue weighted by molar-refractivity contribution is -0.137. The van der Waals surface area contributed by atoms with Gasteiger partial charge in [0.25, 0.3) is 0 Å². The second-order valence-corrected chi connectivity index (χ2v) is 14.6. The summed E-state index contributed by atoms with van der Waals surface area (Å²) in [6, 6.07) is 31.8. The van der Waals surface area contributed by atoms with Crippen LogP contribution in [0.4, 0.5) is 13.2 Å². The van der Waals surface area contributed by atoms with Crippen molar-refractivity contribution in [3.05, 3.63) is 144 Å². The predicted molar refractivity (Wildman–Crippen MR) is 188 cm³/mol. The van der Waals surface area contributed by atoms with Gasteiger partial charge in [-0.25, -0.2) is 8.42 Å². The molecule has 0 spiro atoms. The van der Waals surface area contributed by atoms with Gasteiger partial charge in [0.15, 0.2) is 0 Å². The third-order valence-corrected chi connectivity index (χ3v) is 11.0. The molecule has 1 N–H and O–H groups in total. The van der Waals surface area contributed by atoms with Crippen LogP contribution in [0.25, 0.3) is 22.3 Å². The van der Waals surface area contributed by atoms with E-state index in [-0.39, 0.29) is 18.0 Å². The highest BCUT2D eigenvalue weighted by Gasteiger charge is 2.30. The van der Waals surface area contributed by atoms with Crippen molar-refractivity contribution in [3.8, 4) is 22.3 Å². The normalized spacial score (nSPS) is 14.5. The zero-order valence-electron chi connectivity index (χ0n) is 27.2. The Balaban J connectivity index is 1.16. The molecule has 0 radical (unpaired) electrons. The molecule has 1 fully saturated rings. The van der Waals surface area contributed by atoms with Crippen molar-refractivity contribution in [1.82, 2.24) is 14.6 Å². The number of halogens is 3. The van der Waals surface area contributed by atoms with Gasteiger partial charge in [-0.2, -0.15) is 17.5 Å². The Bertz CT molecular complexity index is 1890. The topological polar surface area (TPSA) is 62.3 Å². The smallest absolute Gasteiger partial charge is 0.310 e. The van der Waals surface area contributed by atoms with E-state index < -0.39 is 21.8 Å². The fraction of sp³-hybridized carbons (Fsp3) is 0.275. The predicted octanol–water partition coefficient (Wildman–Crippen LogP) is 9.64. The van der Waals surface area contributed by atoms with Gasteiger partial charge in [-0.05, 0) is 82.1 Å². The maximum atomic E-state index is 14.0. The lowest BCUT2D eigenvalue weighted by atomic mass is 10.0. The zero-order valence-corrected chi connectivity index (χ0v) is 28.1. The quantitative estimate of drug-likeness (QED) is 0.141. The Labute approximate surface area is 286 Å². The molecule has 49 heavy (non-hydrogen) atoms. The van der Waals surface area contributed by atoms with Gasteiger partial charge in [0.2, 0.25) is 10.0 Å². The third-order valence-electron chi connectivity index (χ3n) is 9.17. The Hall–Kier alpha value is -4.31. The van der Waals surface area contributed by atoms with Crippen molar-refractivity contribution in [3.63, 3.8) is 0 Å². The summed E-state index contributed by atoms with van der Waals surface area (Å²) in [4.78, 5) is 4.26. The van der Waals surface area contributed by atoms with E-state index in [2.05, 4.69) is 34.6 Å². The molecule has 1 saturated carbocycles. The number of nitrogens with zero attached hydrogens (tertiary/aromatic N) is 2. The second kappa shape index (κ2) is 15.5. The molecule has 0 aliphatic heterocycles. The lowest BCUT2D eigenvalue weighted by Crippen LogP contribution is -2.30. The molecule has 4 aromatic carbocycles. The van der Waals surface area contributed by atoms with Crippen LogP contribution in [-0.4, -0.2) is 23.7 Å². The first-order valence-electron chi connectivity index (χ1n) is 16.7.